The van der Waals surface area contributed by atoms with Gasteiger partial charge in [-0.3, -0.25) is 4.90 Å². The first-order valence-electron chi connectivity index (χ1n) is 7.14. The maximum absolute atomic E-state index is 13.7. The minimum absolute atomic E-state index is 0.207. The zero-order valence-electron chi connectivity index (χ0n) is 11.2. The molecule has 4 heteroatoms. The molecule has 1 atom stereocenters. The van der Waals surface area contributed by atoms with E-state index in [4.69, 9.17) is 10.5 Å². The molecule has 0 amide bonds. The molecule has 0 aromatic heterocycles. The molecule has 1 saturated heterocycles. The van der Waals surface area contributed by atoms with Crippen LogP contribution < -0.4 is 10.5 Å². The molecule has 3 nitrogen and oxygen atoms in total. The van der Waals surface area contributed by atoms with Gasteiger partial charge in [-0.2, -0.15) is 0 Å². The van der Waals surface area contributed by atoms with Crippen molar-refractivity contribution in [3.63, 3.8) is 0 Å². The van der Waals surface area contributed by atoms with Crippen LogP contribution in [0, 0.1) is 5.82 Å². The lowest BCUT2D eigenvalue weighted by Gasteiger charge is -2.41. The number of hydrogen-bond donors (Lipinski definition) is 1. The summed E-state index contributed by atoms with van der Waals surface area (Å²) in [5, 5.41) is 0. The highest BCUT2D eigenvalue weighted by Crippen LogP contribution is 2.42. The van der Waals surface area contributed by atoms with Crippen molar-refractivity contribution in [2.45, 2.75) is 31.2 Å². The van der Waals surface area contributed by atoms with Crippen LogP contribution in [0.15, 0.2) is 18.2 Å². The Bertz CT molecular complexity index is 459. The lowest BCUT2D eigenvalue weighted by molar-refractivity contribution is 0.112. The Labute approximate surface area is 113 Å². The second-order valence-electron chi connectivity index (χ2n) is 5.52. The fourth-order valence-electron chi connectivity index (χ4n) is 3.49. The van der Waals surface area contributed by atoms with Crippen molar-refractivity contribution in [2.75, 3.05) is 26.2 Å². The molecule has 1 unspecified atom stereocenters. The third kappa shape index (κ3) is 2.13. The van der Waals surface area contributed by atoms with Gasteiger partial charge >= 0.3 is 0 Å². The fraction of sp³-hybridized carbons (Fsp3) is 0.600. The van der Waals surface area contributed by atoms with E-state index in [1.165, 1.54) is 18.9 Å². The van der Waals surface area contributed by atoms with Crippen LogP contribution in [0.5, 0.6) is 5.75 Å². The first kappa shape index (κ1) is 12.9. The highest BCUT2D eigenvalue weighted by Gasteiger charge is 2.41. The molecular formula is C15H21FN2O. The molecule has 1 fully saturated rings. The van der Waals surface area contributed by atoms with Gasteiger partial charge in [0.25, 0.3) is 0 Å². The normalized spacial score (nSPS) is 27.7. The summed E-state index contributed by atoms with van der Waals surface area (Å²) in [6.07, 6.45) is 4.31. The van der Waals surface area contributed by atoms with Gasteiger partial charge in [0.1, 0.15) is 11.6 Å². The van der Waals surface area contributed by atoms with Crippen molar-refractivity contribution >= 4 is 0 Å². The van der Waals surface area contributed by atoms with Crippen LogP contribution in [-0.2, 0) is 5.54 Å². The Morgan fingerprint density at radius 3 is 2.79 bits per heavy atom. The number of halogens is 1. The van der Waals surface area contributed by atoms with Gasteiger partial charge in [-0.05, 0) is 57.0 Å². The van der Waals surface area contributed by atoms with Crippen molar-refractivity contribution in [3.05, 3.63) is 29.6 Å². The molecule has 3 rings (SSSR count). The van der Waals surface area contributed by atoms with Crippen molar-refractivity contribution in [3.8, 4) is 5.75 Å². The van der Waals surface area contributed by atoms with Crippen molar-refractivity contribution < 1.29 is 9.13 Å². The summed E-state index contributed by atoms with van der Waals surface area (Å²) in [6.45, 7) is 3.31. The molecule has 2 N–H and O–H groups in total. The minimum Gasteiger partial charge on any atom is -0.493 e. The molecule has 0 radical (unpaired) electrons. The number of ether oxygens (including phenoxy) is 1. The van der Waals surface area contributed by atoms with Gasteiger partial charge in [-0.25, -0.2) is 4.39 Å². The molecule has 0 aliphatic carbocycles. The van der Waals surface area contributed by atoms with Crippen molar-refractivity contribution in [1.82, 2.24) is 4.90 Å². The minimum atomic E-state index is -0.246. The maximum atomic E-state index is 13.7. The van der Waals surface area contributed by atoms with E-state index in [1.807, 2.05) is 0 Å². The molecular weight excluding hydrogens is 243 g/mol. The van der Waals surface area contributed by atoms with Crippen LogP contribution in [0.4, 0.5) is 4.39 Å². The lowest BCUT2D eigenvalue weighted by atomic mass is 9.83. The third-order valence-corrected chi connectivity index (χ3v) is 4.48. The second-order valence-corrected chi connectivity index (χ2v) is 5.52. The average molecular weight is 264 g/mol. The van der Waals surface area contributed by atoms with E-state index in [0.717, 1.165) is 37.2 Å². The van der Waals surface area contributed by atoms with Crippen LogP contribution in [0.2, 0.25) is 0 Å². The van der Waals surface area contributed by atoms with E-state index in [-0.39, 0.29) is 11.4 Å². The van der Waals surface area contributed by atoms with Crippen LogP contribution in [0.1, 0.15) is 31.2 Å². The maximum Gasteiger partial charge on any atom is 0.124 e. The molecule has 19 heavy (non-hydrogen) atoms. The molecule has 2 aliphatic rings. The SMILES string of the molecule is NCC1(N2CCCC2)CCCOc2ccc(F)cc21. The Balaban J connectivity index is 2.10. The number of benzene rings is 1. The number of fused-ring (bicyclic) bond motifs is 1. The number of likely N-dealkylation sites (tertiary alicyclic amines) is 1. The van der Waals surface area contributed by atoms with Crippen molar-refractivity contribution in [1.29, 1.82) is 0 Å². The molecule has 0 bridgehead atoms. The lowest BCUT2D eigenvalue weighted by Crippen LogP contribution is -2.49. The summed E-state index contributed by atoms with van der Waals surface area (Å²) in [7, 11) is 0. The van der Waals surface area contributed by atoms with Gasteiger partial charge in [-0.15, -0.1) is 0 Å². The Morgan fingerprint density at radius 1 is 1.26 bits per heavy atom. The van der Waals surface area contributed by atoms with Gasteiger partial charge in [0.2, 0.25) is 0 Å². The van der Waals surface area contributed by atoms with Gasteiger partial charge in [-0.1, -0.05) is 0 Å². The zero-order valence-corrected chi connectivity index (χ0v) is 11.2. The average Bonchev–Trinajstić information content (AvgIpc) is 2.89. The molecule has 2 aliphatic heterocycles. The van der Waals surface area contributed by atoms with Crippen LogP contribution in [-0.4, -0.2) is 31.1 Å². The Kier molecular flexibility index (Phi) is 3.46. The quantitative estimate of drug-likeness (QED) is 0.890. The first-order valence-corrected chi connectivity index (χ1v) is 7.14. The van der Waals surface area contributed by atoms with Gasteiger partial charge in [0.15, 0.2) is 0 Å². The summed E-state index contributed by atoms with van der Waals surface area (Å²) < 4.78 is 19.5. The predicted octanol–water partition coefficient (Wildman–Crippen LogP) is 2.25. The first-order chi connectivity index (χ1) is 9.26. The van der Waals surface area contributed by atoms with Crippen LogP contribution >= 0.6 is 0 Å². The van der Waals surface area contributed by atoms with E-state index < -0.39 is 0 Å². The van der Waals surface area contributed by atoms with E-state index in [1.54, 1.807) is 12.1 Å². The van der Waals surface area contributed by atoms with Crippen molar-refractivity contribution in [2.24, 2.45) is 5.73 Å². The Morgan fingerprint density at radius 2 is 2.05 bits per heavy atom. The van der Waals surface area contributed by atoms with Gasteiger partial charge in [0, 0.05) is 12.1 Å². The molecule has 1 aromatic rings. The summed E-state index contributed by atoms with van der Waals surface area (Å²) >= 11 is 0. The van der Waals surface area contributed by atoms with E-state index in [2.05, 4.69) is 4.90 Å². The topological polar surface area (TPSA) is 38.5 Å². The number of rotatable bonds is 2. The van der Waals surface area contributed by atoms with E-state index >= 15 is 0 Å². The largest absolute Gasteiger partial charge is 0.493 e. The molecule has 1 aromatic carbocycles. The molecule has 0 saturated carbocycles. The highest BCUT2D eigenvalue weighted by atomic mass is 19.1. The number of hydrogen-bond acceptors (Lipinski definition) is 3. The second kappa shape index (κ2) is 5.10. The van der Waals surface area contributed by atoms with Gasteiger partial charge in [0.05, 0.1) is 12.1 Å². The predicted molar refractivity (Wildman–Crippen MR) is 72.7 cm³/mol. The monoisotopic (exact) mass is 264 g/mol. The third-order valence-electron chi connectivity index (χ3n) is 4.48. The van der Waals surface area contributed by atoms with E-state index in [0.29, 0.717) is 13.2 Å². The van der Waals surface area contributed by atoms with Gasteiger partial charge < -0.3 is 10.5 Å². The highest BCUT2D eigenvalue weighted by molar-refractivity contribution is 5.41. The molecule has 2 heterocycles. The summed E-state index contributed by atoms with van der Waals surface area (Å²) in [4.78, 5) is 2.43. The summed E-state index contributed by atoms with van der Waals surface area (Å²) in [5.41, 5.74) is 6.83. The van der Waals surface area contributed by atoms with Crippen LogP contribution in [0.3, 0.4) is 0 Å². The summed E-state index contributed by atoms with van der Waals surface area (Å²) in [5.74, 6) is 0.595. The fourth-order valence-corrected chi connectivity index (χ4v) is 3.49. The van der Waals surface area contributed by atoms with Crippen LogP contribution in [0.25, 0.3) is 0 Å². The summed E-state index contributed by atoms with van der Waals surface area (Å²) in [6, 6.07) is 4.83. The number of nitrogens with two attached hydrogens (primary N) is 1. The molecule has 104 valence electrons. The Hall–Kier alpha value is -1.13. The number of nitrogens with zero attached hydrogens (tertiary/aromatic N) is 1. The smallest absolute Gasteiger partial charge is 0.124 e. The molecule has 0 spiro atoms. The van der Waals surface area contributed by atoms with E-state index in [9.17, 15) is 4.39 Å². The standard InChI is InChI=1S/C15H21FN2O/c16-12-4-5-14-13(10-12)15(11-17,6-3-9-19-14)18-7-1-2-8-18/h4-5,10H,1-3,6-9,11,17H2. The zero-order chi connectivity index (χ0) is 13.3.